The lowest BCUT2D eigenvalue weighted by molar-refractivity contribution is 0.0929. The van der Waals surface area contributed by atoms with E-state index in [0.29, 0.717) is 11.6 Å². The van der Waals surface area contributed by atoms with Gasteiger partial charge in [-0.05, 0) is 56.6 Å². The molecule has 1 aliphatic rings. The van der Waals surface area contributed by atoms with Gasteiger partial charge in [0, 0.05) is 11.6 Å². The topological polar surface area (TPSA) is 50.4 Å². The van der Waals surface area contributed by atoms with E-state index < -0.39 is 0 Å². The Morgan fingerprint density at radius 1 is 1.23 bits per heavy atom. The van der Waals surface area contributed by atoms with Gasteiger partial charge in [0.05, 0.1) is 6.61 Å². The molecule has 1 aromatic carbocycles. The molecule has 124 valence electrons. The van der Waals surface area contributed by atoms with Gasteiger partial charge in [-0.1, -0.05) is 19.8 Å². The van der Waals surface area contributed by atoms with Crippen LogP contribution in [-0.4, -0.2) is 31.6 Å². The van der Waals surface area contributed by atoms with Gasteiger partial charge in [0.1, 0.15) is 5.75 Å². The van der Waals surface area contributed by atoms with Gasteiger partial charge in [0.2, 0.25) is 0 Å². The Bertz CT molecular complexity index is 431. The molecular formula is C17H27ClN2O2. The number of amides is 1. The van der Waals surface area contributed by atoms with Gasteiger partial charge in [-0.15, -0.1) is 12.4 Å². The first-order chi connectivity index (χ1) is 10.3. The van der Waals surface area contributed by atoms with Crippen LogP contribution >= 0.6 is 12.4 Å². The Hall–Kier alpha value is -1.26. The predicted molar refractivity (Wildman–Crippen MR) is 92.1 cm³/mol. The lowest BCUT2D eigenvalue weighted by atomic mass is 10.1. The van der Waals surface area contributed by atoms with Crippen LogP contribution in [0.4, 0.5) is 0 Å². The summed E-state index contributed by atoms with van der Waals surface area (Å²) in [6.07, 6.45) is 5.47. The Morgan fingerprint density at radius 2 is 1.91 bits per heavy atom. The molecule has 0 atom stereocenters. The minimum Gasteiger partial charge on any atom is -0.494 e. The van der Waals surface area contributed by atoms with Crippen molar-refractivity contribution in [2.45, 2.75) is 45.1 Å². The van der Waals surface area contributed by atoms with Crippen LogP contribution in [0.3, 0.4) is 0 Å². The van der Waals surface area contributed by atoms with Crippen LogP contribution < -0.4 is 15.4 Å². The summed E-state index contributed by atoms with van der Waals surface area (Å²) < 4.78 is 5.65. The normalized spacial score (nSPS) is 15.0. The first-order valence-corrected chi connectivity index (χ1v) is 8.04. The molecule has 4 nitrogen and oxygen atoms in total. The van der Waals surface area contributed by atoms with E-state index in [9.17, 15) is 4.79 Å². The molecule has 0 aliphatic carbocycles. The number of ether oxygens (including phenoxy) is 1. The zero-order chi connectivity index (χ0) is 14.9. The minimum atomic E-state index is 0. The Morgan fingerprint density at radius 3 is 2.55 bits per heavy atom. The SMILES string of the molecule is CCCCCOc1ccc(C(=O)NC2CCNCC2)cc1.Cl. The fraction of sp³-hybridized carbons (Fsp3) is 0.588. The van der Waals surface area contributed by atoms with Gasteiger partial charge in [-0.3, -0.25) is 4.79 Å². The van der Waals surface area contributed by atoms with Crippen LogP contribution in [0.2, 0.25) is 0 Å². The number of carbonyl (C=O) groups excluding carboxylic acids is 1. The maximum Gasteiger partial charge on any atom is 0.251 e. The first-order valence-electron chi connectivity index (χ1n) is 8.04. The van der Waals surface area contributed by atoms with E-state index in [0.717, 1.165) is 44.7 Å². The highest BCUT2D eigenvalue weighted by Gasteiger charge is 2.16. The van der Waals surface area contributed by atoms with Gasteiger partial charge in [-0.25, -0.2) is 0 Å². The van der Waals surface area contributed by atoms with Gasteiger partial charge in [-0.2, -0.15) is 0 Å². The summed E-state index contributed by atoms with van der Waals surface area (Å²) in [7, 11) is 0. The molecule has 0 saturated carbocycles. The van der Waals surface area contributed by atoms with Gasteiger partial charge < -0.3 is 15.4 Å². The number of unbranched alkanes of at least 4 members (excludes halogenated alkanes) is 2. The van der Waals surface area contributed by atoms with E-state index in [1.165, 1.54) is 12.8 Å². The molecule has 2 rings (SSSR count). The molecule has 0 radical (unpaired) electrons. The Kier molecular flexibility index (Phi) is 8.94. The van der Waals surface area contributed by atoms with Crippen molar-refractivity contribution in [1.29, 1.82) is 0 Å². The van der Waals surface area contributed by atoms with Crippen molar-refractivity contribution in [3.8, 4) is 5.75 Å². The second kappa shape index (κ2) is 10.5. The molecule has 5 heteroatoms. The van der Waals surface area contributed by atoms with Gasteiger partial charge >= 0.3 is 0 Å². The standard InChI is InChI=1S/C17H26N2O2.ClH/c1-2-3-4-13-21-16-7-5-14(6-8-16)17(20)19-15-9-11-18-12-10-15;/h5-8,15,18H,2-4,9-13H2,1H3,(H,19,20);1H. The van der Waals surface area contributed by atoms with E-state index in [4.69, 9.17) is 4.74 Å². The third kappa shape index (κ3) is 6.24. The van der Waals surface area contributed by atoms with Crippen molar-refractivity contribution in [3.63, 3.8) is 0 Å². The highest BCUT2D eigenvalue weighted by molar-refractivity contribution is 5.94. The number of piperidine rings is 1. The van der Waals surface area contributed by atoms with E-state index in [1.54, 1.807) is 0 Å². The summed E-state index contributed by atoms with van der Waals surface area (Å²) in [4.78, 5) is 12.2. The number of hydrogen-bond acceptors (Lipinski definition) is 3. The zero-order valence-corrected chi connectivity index (χ0v) is 14.1. The van der Waals surface area contributed by atoms with Crippen LogP contribution in [0.15, 0.2) is 24.3 Å². The molecule has 1 amide bonds. The number of nitrogens with one attached hydrogen (secondary N) is 2. The number of hydrogen-bond donors (Lipinski definition) is 2. The minimum absolute atomic E-state index is 0. The fourth-order valence-corrected chi connectivity index (χ4v) is 2.48. The summed E-state index contributed by atoms with van der Waals surface area (Å²) in [5, 5.41) is 6.39. The molecule has 0 unspecified atom stereocenters. The third-order valence-corrected chi connectivity index (χ3v) is 3.81. The van der Waals surface area contributed by atoms with Crippen LogP contribution in [0.1, 0.15) is 49.4 Å². The molecule has 2 N–H and O–H groups in total. The summed E-state index contributed by atoms with van der Waals surface area (Å²) in [5.41, 5.74) is 0.703. The van der Waals surface area contributed by atoms with Crippen LogP contribution in [0, 0.1) is 0 Å². The summed E-state index contributed by atoms with van der Waals surface area (Å²) in [5.74, 6) is 0.851. The average Bonchev–Trinajstić information content (AvgIpc) is 2.53. The summed E-state index contributed by atoms with van der Waals surface area (Å²) in [6.45, 7) is 4.88. The smallest absolute Gasteiger partial charge is 0.251 e. The lowest BCUT2D eigenvalue weighted by Crippen LogP contribution is -2.42. The van der Waals surface area contributed by atoms with Crippen molar-refractivity contribution >= 4 is 18.3 Å². The van der Waals surface area contributed by atoms with E-state index in [-0.39, 0.29) is 18.3 Å². The highest BCUT2D eigenvalue weighted by Crippen LogP contribution is 2.13. The molecule has 1 saturated heterocycles. The third-order valence-electron chi connectivity index (χ3n) is 3.81. The van der Waals surface area contributed by atoms with Crippen LogP contribution in [0.25, 0.3) is 0 Å². The van der Waals surface area contributed by atoms with Crippen molar-refractivity contribution in [3.05, 3.63) is 29.8 Å². The second-order valence-corrected chi connectivity index (χ2v) is 5.58. The predicted octanol–water partition coefficient (Wildman–Crippen LogP) is 3.16. The van der Waals surface area contributed by atoms with Crippen molar-refractivity contribution in [2.24, 2.45) is 0 Å². The number of carbonyl (C=O) groups is 1. The molecule has 1 aliphatic heterocycles. The number of benzene rings is 1. The fourth-order valence-electron chi connectivity index (χ4n) is 2.48. The van der Waals surface area contributed by atoms with Gasteiger partial charge in [0.25, 0.3) is 5.91 Å². The maximum absolute atomic E-state index is 12.2. The zero-order valence-electron chi connectivity index (χ0n) is 13.3. The summed E-state index contributed by atoms with van der Waals surface area (Å²) >= 11 is 0. The first kappa shape index (κ1) is 18.8. The monoisotopic (exact) mass is 326 g/mol. The Balaban J connectivity index is 0.00000242. The quantitative estimate of drug-likeness (QED) is 0.757. The molecular weight excluding hydrogens is 300 g/mol. The molecule has 0 aromatic heterocycles. The molecule has 1 heterocycles. The van der Waals surface area contributed by atoms with Crippen LogP contribution in [0.5, 0.6) is 5.75 Å². The average molecular weight is 327 g/mol. The molecule has 0 bridgehead atoms. The molecule has 22 heavy (non-hydrogen) atoms. The van der Waals surface area contributed by atoms with E-state index in [1.807, 2.05) is 24.3 Å². The molecule has 1 fully saturated rings. The largest absolute Gasteiger partial charge is 0.494 e. The number of rotatable bonds is 7. The number of halogens is 1. The summed E-state index contributed by atoms with van der Waals surface area (Å²) in [6, 6.07) is 7.73. The highest BCUT2D eigenvalue weighted by atomic mass is 35.5. The van der Waals surface area contributed by atoms with Gasteiger partial charge in [0.15, 0.2) is 0 Å². The second-order valence-electron chi connectivity index (χ2n) is 5.58. The Labute approximate surface area is 139 Å². The van der Waals surface area contributed by atoms with E-state index in [2.05, 4.69) is 17.6 Å². The lowest BCUT2D eigenvalue weighted by Gasteiger charge is -2.23. The van der Waals surface area contributed by atoms with Crippen molar-refractivity contribution < 1.29 is 9.53 Å². The van der Waals surface area contributed by atoms with E-state index >= 15 is 0 Å². The molecule has 0 spiro atoms. The maximum atomic E-state index is 12.2. The van der Waals surface area contributed by atoms with Crippen molar-refractivity contribution in [1.82, 2.24) is 10.6 Å². The van der Waals surface area contributed by atoms with Crippen LogP contribution in [-0.2, 0) is 0 Å². The molecule has 1 aromatic rings. The van der Waals surface area contributed by atoms with Crippen molar-refractivity contribution in [2.75, 3.05) is 19.7 Å².